The van der Waals surface area contributed by atoms with E-state index >= 15 is 0 Å². The molecule has 3 unspecified atom stereocenters. The third-order valence-electron chi connectivity index (χ3n) is 11.0. The lowest BCUT2D eigenvalue weighted by Gasteiger charge is -2.24. The Morgan fingerprint density at radius 2 is 0.885 bits per heavy atom. The van der Waals surface area contributed by atoms with Crippen molar-refractivity contribution >= 4 is 11.9 Å². The third-order valence-corrected chi connectivity index (χ3v) is 11.0. The quantitative estimate of drug-likeness (QED) is 0.0322. The number of amides is 1. The highest BCUT2D eigenvalue weighted by Gasteiger charge is 2.24. The maximum absolute atomic E-state index is 13.2. The molecule has 0 saturated heterocycles. The van der Waals surface area contributed by atoms with E-state index in [9.17, 15) is 19.8 Å². The molecular formula is C55H95NO5. The molecule has 3 atom stereocenters. The van der Waals surface area contributed by atoms with Gasteiger partial charge in [0, 0.05) is 6.42 Å². The van der Waals surface area contributed by atoms with Gasteiger partial charge in [-0.3, -0.25) is 9.59 Å². The number of carbonyl (C=O) groups is 2. The molecule has 0 saturated carbocycles. The standard InChI is InChI=1S/C55H95NO5/c1-4-7-10-13-16-19-21-23-25-26-27-28-29-31-33-36-39-42-45-48-55(60)61-51(46-43-40-37-35-32-30-24-22-20-17-14-11-8-5-2)49-54(59)56-52(50-57)53(58)47-44-41-38-34-18-15-12-9-6-3/h8,11,16-17,19-20,23-25,27-28,30-31,33,51-53,57-58H,4-7,9-10,12-15,18,21-22,26,29,32,34-50H2,1-3H3,(H,56,59)/b11-8+,19-16-,20-17+,25-23-,28-27-,30-24+,33-31-. The summed E-state index contributed by atoms with van der Waals surface area (Å²) in [6.07, 6.45) is 62.1. The maximum atomic E-state index is 13.2. The Morgan fingerprint density at radius 3 is 1.38 bits per heavy atom. The van der Waals surface area contributed by atoms with Gasteiger partial charge in [0.25, 0.3) is 0 Å². The number of nitrogens with one attached hydrogen (secondary N) is 1. The number of hydrogen-bond donors (Lipinski definition) is 3. The first-order valence-corrected chi connectivity index (χ1v) is 25.3. The first kappa shape index (κ1) is 58.0. The van der Waals surface area contributed by atoms with Crippen LogP contribution in [-0.2, 0) is 14.3 Å². The minimum Gasteiger partial charge on any atom is -0.462 e. The van der Waals surface area contributed by atoms with Crippen LogP contribution in [0.25, 0.3) is 0 Å². The lowest BCUT2D eigenvalue weighted by molar-refractivity contribution is -0.151. The summed E-state index contributed by atoms with van der Waals surface area (Å²) in [5.74, 6) is -0.539. The summed E-state index contributed by atoms with van der Waals surface area (Å²) in [5.41, 5.74) is 0. The predicted octanol–water partition coefficient (Wildman–Crippen LogP) is 15.2. The van der Waals surface area contributed by atoms with Crippen LogP contribution in [-0.4, -0.2) is 46.9 Å². The van der Waals surface area contributed by atoms with Gasteiger partial charge in [-0.15, -0.1) is 0 Å². The summed E-state index contributed by atoms with van der Waals surface area (Å²) in [6.45, 7) is 6.30. The lowest BCUT2D eigenvalue weighted by atomic mass is 10.0. The molecule has 6 heteroatoms. The van der Waals surface area contributed by atoms with Crippen molar-refractivity contribution in [3.63, 3.8) is 0 Å². The number of allylic oxidation sites excluding steroid dienone is 14. The Morgan fingerprint density at radius 1 is 0.492 bits per heavy atom. The van der Waals surface area contributed by atoms with Gasteiger partial charge in [-0.1, -0.05) is 196 Å². The maximum Gasteiger partial charge on any atom is 0.306 e. The number of carbonyl (C=O) groups excluding carboxylic acids is 2. The van der Waals surface area contributed by atoms with E-state index in [2.05, 4.69) is 111 Å². The van der Waals surface area contributed by atoms with Gasteiger partial charge >= 0.3 is 5.97 Å². The average molecular weight is 850 g/mol. The molecule has 0 aliphatic heterocycles. The molecule has 0 spiro atoms. The second-order valence-electron chi connectivity index (χ2n) is 16.8. The number of aliphatic hydroxyl groups is 2. The molecule has 0 aliphatic rings. The highest BCUT2D eigenvalue weighted by molar-refractivity contribution is 5.77. The average Bonchev–Trinajstić information content (AvgIpc) is 3.25. The van der Waals surface area contributed by atoms with Crippen LogP contribution >= 0.6 is 0 Å². The van der Waals surface area contributed by atoms with E-state index < -0.39 is 18.2 Å². The fraction of sp³-hybridized carbons (Fsp3) is 0.709. The molecule has 61 heavy (non-hydrogen) atoms. The van der Waals surface area contributed by atoms with Gasteiger partial charge in [0.15, 0.2) is 0 Å². The van der Waals surface area contributed by atoms with Crippen molar-refractivity contribution in [1.82, 2.24) is 5.32 Å². The van der Waals surface area contributed by atoms with Crippen molar-refractivity contribution in [3.05, 3.63) is 85.1 Å². The number of unbranched alkanes of at least 4 members (excludes halogenated alkanes) is 18. The molecule has 3 N–H and O–H groups in total. The van der Waals surface area contributed by atoms with Crippen LogP contribution in [0.2, 0.25) is 0 Å². The summed E-state index contributed by atoms with van der Waals surface area (Å²) in [5, 5.41) is 23.6. The molecule has 0 radical (unpaired) electrons. The number of esters is 1. The topological polar surface area (TPSA) is 95.9 Å². The van der Waals surface area contributed by atoms with Crippen molar-refractivity contribution in [1.29, 1.82) is 0 Å². The number of hydrogen-bond acceptors (Lipinski definition) is 5. The van der Waals surface area contributed by atoms with E-state index in [1.807, 2.05) is 0 Å². The van der Waals surface area contributed by atoms with Crippen LogP contribution in [0.3, 0.4) is 0 Å². The van der Waals surface area contributed by atoms with E-state index in [0.29, 0.717) is 19.3 Å². The van der Waals surface area contributed by atoms with Gasteiger partial charge in [-0.25, -0.2) is 0 Å². The van der Waals surface area contributed by atoms with Crippen molar-refractivity contribution in [2.24, 2.45) is 0 Å². The second-order valence-corrected chi connectivity index (χ2v) is 16.8. The third kappa shape index (κ3) is 43.5. The van der Waals surface area contributed by atoms with Crippen molar-refractivity contribution in [2.75, 3.05) is 6.61 Å². The van der Waals surface area contributed by atoms with Gasteiger partial charge in [0.05, 0.1) is 25.2 Å². The lowest BCUT2D eigenvalue weighted by Crippen LogP contribution is -2.46. The number of rotatable bonds is 44. The van der Waals surface area contributed by atoms with Crippen LogP contribution in [0.5, 0.6) is 0 Å². The summed E-state index contributed by atoms with van der Waals surface area (Å²) >= 11 is 0. The molecule has 0 rings (SSSR count). The molecule has 0 aromatic carbocycles. The molecule has 0 fully saturated rings. The van der Waals surface area contributed by atoms with Crippen molar-refractivity contribution in [2.45, 2.75) is 244 Å². The van der Waals surface area contributed by atoms with E-state index in [-0.39, 0.29) is 24.9 Å². The van der Waals surface area contributed by atoms with Crippen LogP contribution in [0.15, 0.2) is 85.1 Å². The second kappa shape index (κ2) is 48.1. The number of ether oxygens (including phenoxy) is 1. The Kier molecular flexibility index (Phi) is 45.7. The van der Waals surface area contributed by atoms with Crippen LogP contribution in [0, 0.1) is 0 Å². The normalized spacial score (nSPS) is 14.0. The largest absolute Gasteiger partial charge is 0.462 e. The zero-order valence-corrected chi connectivity index (χ0v) is 39.8. The minimum atomic E-state index is -0.802. The molecule has 1 amide bonds. The van der Waals surface area contributed by atoms with Crippen molar-refractivity contribution in [3.8, 4) is 0 Å². The summed E-state index contributed by atoms with van der Waals surface area (Å²) in [7, 11) is 0. The SMILES string of the molecule is CC/C=C/C/C=C/C/C=C/CCCCCCC(CC(=O)NC(CO)C(O)CCCCCCCCCCC)OC(=O)CCCCC/C=C\C/C=C\C/C=C\C/C=C\CCCCC. The summed E-state index contributed by atoms with van der Waals surface area (Å²) in [6, 6.07) is -0.719. The van der Waals surface area contributed by atoms with E-state index in [0.717, 1.165) is 116 Å². The van der Waals surface area contributed by atoms with E-state index in [1.54, 1.807) is 0 Å². The highest BCUT2D eigenvalue weighted by atomic mass is 16.5. The zero-order valence-electron chi connectivity index (χ0n) is 39.8. The smallest absolute Gasteiger partial charge is 0.306 e. The van der Waals surface area contributed by atoms with E-state index in [1.165, 1.54) is 64.2 Å². The molecule has 350 valence electrons. The van der Waals surface area contributed by atoms with Gasteiger partial charge in [-0.05, 0) is 103 Å². The fourth-order valence-corrected chi connectivity index (χ4v) is 7.13. The zero-order chi connectivity index (χ0) is 44.5. The molecule has 0 bridgehead atoms. The molecule has 6 nitrogen and oxygen atoms in total. The van der Waals surface area contributed by atoms with E-state index in [4.69, 9.17) is 4.74 Å². The van der Waals surface area contributed by atoms with Crippen LogP contribution in [0.1, 0.15) is 226 Å². The fourth-order valence-electron chi connectivity index (χ4n) is 7.13. The van der Waals surface area contributed by atoms with Crippen molar-refractivity contribution < 1.29 is 24.5 Å². The van der Waals surface area contributed by atoms with Gasteiger partial charge in [-0.2, -0.15) is 0 Å². The van der Waals surface area contributed by atoms with Gasteiger partial charge in [0.1, 0.15) is 6.10 Å². The molecule has 0 aromatic heterocycles. The monoisotopic (exact) mass is 850 g/mol. The first-order valence-electron chi connectivity index (χ1n) is 25.3. The summed E-state index contributed by atoms with van der Waals surface area (Å²) < 4.78 is 5.90. The Labute approximate surface area is 376 Å². The van der Waals surface area contributed by atoms with Crippen LogP contribution in [0.4, 0.5) is 0 Å². The number of aliphatic hydroxyl groups excluding tert-OH is 2. The summed E-state index contributed by atoms with van der Waals surface area (Å²) in [4.78, 5) is 26.1. The Bertz CT molecular complexity index is 1180. The Hall–Kier alpha value is -2.96. The molecule has 0 aromatic rings. The molecule has 0 aliphatic carbocycles. The molecule has 0 heterocycles. The Balaban J connectivity index is 4.67. The first-order chi connectivity index (χ1) is 30.0. The van der Waals surface area contributed by atoms with Gasteiger partial charge in [0.2, 0.25) is 5.91 Å². The van der Waals surface area contributed by atoms with Gasteiger partial charge < -0.3 is 20.3 Å². The minimum absolute atomic E-state index is 0.0452. The highest BCUT2D eigenvalue weighted by Crippen LogP contribution is 2.17. The molecular weight excluding hydrogens is 755 g/mol. The van der Waals surface area contributed by atoms with Crippen LogP contribution < -0.4 is 5.32 Å². The predicted molar refractivity (Wildman–Crippen MR) is 264 cm³/mol.